The van der Waals surface area contributed by atoms with E-state index < -0.39 is 0 Å². The molecular formula is C10H19BrO2. The van der Waals surface area contributed by atoms with E-state index in [1.165, 1.54) is 6.42 Å². The van der Waals surface area contributed by atoms with Crippen LogP contribution in [0.25, 0.3) is 0 Å². The summed E-state index contributed by atoms with van der Waals surface area (Å²) >= 11 is 3.33. The highest BCUT2D eigenvalue weighted by Gasteiger charge is 2.03. The molecule has 0 heterocycles. The van der Waals surface area contributed by atoms with E-state index in [9.17, 15) is 0 Å². The van der Waals surface area contributed by atoms with E-state index in [1.807, 2.05) is 13.0 Å². The number of hydrogen-bond acceptors (Lipinski definition) is 2. The van der Waals surface area contributed by atoms with Crippen molar-refractivity contribution in [3.63, 3.8) is 0 Å². The van der Waals surface area contributed by atoms with Crippen molar-refractivity contribution in [3.8, 4) is 0 Å². The van der Waals surface area contributed by atoms with Gasteiger partial charge in [-0.3, -0.25) is 0 Å². The summed E-state index contributed by atoms with van der Waals surface area (Å²) < 4.78 is 10.7. The third-order valence-corrected chi connectivity index (χ3v) is 2.01. The molecular weight excluding hydrogens is 232 g/mol. The van der Waals surface area contributed by atoms with Gasteiger partial charge >= 0.3 is 0 Å². The molecule has 0 aromatic rings. The molecule has 13 heavy (non-hydrogen) atoms. The normalized spacial score (nSPS) is 13.8. The van der Waals surface area contributed by atoms with E-state index in [0.29, 0.717) is 13.2 Å². The fourth-order valence-corrected chi connectivity index (χ4v) is 1.21. The van der Waals surface area contributed by atoms with Crippen LogP contribution in [0.15, 0.2) is 12.2 Å². The lowest BCUT2D eigenvalue weighted by Crippen LogP contribution is -2.18. The molecule has 0 aliphatic carbocycles. The first kappa shape index (κ1) is 13.1. The molecule has 0 aromatic heterocycles. The minimum absolute atomic E-state index is 0.115. The Morgan fingerprint density at radius 1 is 1.23 bits per heavy atom. The summed E-state index contributed by atoms with van der Waals surface area (Å²) in [5.41, 5.74) is 0. The molecule has 0 aliphatic heterocycles. The van der Waals surface area contributed by atoms with E-state index >= 15 is 0 Å². The maximum Gasteiger partial charge on any atom is 0.167 e. The van der Waals surface area contributed by atoms with Crippen molar-refractivity contribution in [3.05, 3.63) is 12.2 Å². The molecule has 0 aromatic carbocycles. The van der Waals surface area contributed by atoms with Crippen LogP contribution in [-0.4, -0.2) is 24.8 Å². The van der Waals surface area contributed by atoms with Crippen molar-refractivity contribution in [1.29, 1.82) is 0 Å². The molecule has 0 N–H and O–H groups in total. The molecule has 0 radical (unpaired) electrons. The SMILES string of the molecule is CCC/C=C/COC(CBr)OCC. The fraction of sp³-hybridized carbons (Fsp3) is 0.800. The van der Waals surface area contributed by atoms with E-state index in [-0.39, 0.29) is 6.29 Å². The molecule has 0 spiro atoms. The lowest BCUT2D eigenvalue weighted by Gasteiger charge is -2.13. The Labute approximate surface area is 89.4 Å². The number of alkyl halides is 1. The predicted octanol–water partition coefficient (Wildman–Crippen LogP) is 3.12. The molecule has 1 atom stereocenters. The molecule has 3 heteroatoms. The van der Waals surface area contributed by atoms with E-state index in [0.717, 1.165) is 11.8 Å². The standard InChI is InChI=1S/C10H19BrO2/c1-3-5-6-7-8-13-10(9-11)12-4-2/h6-7,10H,3-5,8-9H2,1-2H3/b7-6+. The highest BCUT2D eigenvalue weighted by molar-refractivity contribution is 9.09. The molecule has 0 saturated carbocycles. The average molecular weight is 251 g/mol. The molecule has 0 bridgehead atoms. The summed E-state index contributed by atoms with van der Waals surface area (Å²) in [6, 6.07) is 0. The summed E-state index contributed by atoms with van der Waals surface area (Å²) in [5.74, 6) is 0. The van der Waals surface area contributed by atoms with Crippen LogP contribution in [0.5, 0.6) is 0 Å². The van der Waals surface area contributed by atoms with Crippen LogP contribution in [-0.2, 0) is 9.47 Å². The van der Waals surface area contributed by atoms with Gasteiger partial charge in [0, 0.05) is 6.61 Å². The van der Waals surface area contributed by atoms with Gasteiger partial charge in [-0.25, -0.2) is 0 Å². The van der Waals surface area contributed by atoms with Gasteiger partial charge in [0.05, 0.1) is 11.9 Å². The van der Waals surface area contributed by atoms with Gasteiger partial charge in [0.25, 0.3) is 0 Å². The number of ether oxygens (including phenoxy) is 2. The largest absolute Gasteiger partial charge is 0.352 e. The second-order valence-corrected chi connectivity index (χ2v) is 3.28. The van der Waals surface area contributed by atoms with Gasteiger partial charge < -0.3 is 9.47 Å². The van der Waals surface area contributed by atoms with E-state index in [4.69, 9.17) is 9.47 Å². The monoisotopic (exact) mass is 250 g/mol. The molecule has 78 valence electrons. The quantitative estimate of drug-likeness (QED) is 0.375. The number of halogens is 1. The maximum absolute atomic E-state index is 5.42. The van der Waals surface area contributed by atoms with Crippen molar-refractivity contribution in [1.82, 2.24) is 0 Å². The van der Waals surface area contributed by atoms with Crippen LogP contribution >= 0.6 is 15.9 Å². The Morgan fingerprint density at radius 2 is 2.00 bits per heavy atom. The molecule has 1 unspecified atom stereocenters. The molecule has 0 saturated heterocycles. The van der Waals surface area contributed by atoms with E-state index in [2.05, 4.69) is 28.9 Å². The van der Waals surface area contributed by atoms with Gasteiger partial charge in [0.2, 0.25) is 0 Å². The van der Waals surface area contributed by atoms with E-state index in [1.54, 1.807) is 0 Å². The Kier molecular flexibility index (Phi) is 10.3. The molecule has 0 aliphatic rings. The van der Waals surface area contributed by atoms with Crippen LogP contribution in [0.2, 0.25) is 0 Å². The van der Waals surface area contributed by atoms with Gasteiger partial charge in [0.15, 0.2) is 6.29 Å². The fourth-order valence-electron chi connectivity index (χ4n) is 0.839. The Balaban J connectivity index is 3.37. The van der Waals surface area contributed by atoms with Gasteiger partial charge in [-0.2, -0.15) is 0 Å². The zero-order valence-electron chi connectivity index (χ0n) is 8.46. The van der Waals surface area contributed by atoms with Crippen molar-refractivity contribution in [2.75, 3.05) is 18.5 Å². The highest BCUT2D eigenvalue weighted by Crippen LogP contribution is 2.00. The summed E-state index contributed by atoms with van der Waals surface area (Å²) in [6.07, 6.45) is 6.37. The Bertz CT molecular complexity index is 126. The zero-order valence-corrected chi connectivity index (χ0v) is 10.0. The predicted molar refractivity (Wildman–Crippen MR) is 59.2 cm³/mol. The number of rotatable bonds is 8. The van der Waals surface area contributed by atoms with Crippen molar-refractivity contribution in [2.24, 2.45) is 0 Å². The topological polar surface area (TPSA) is 18.5 Å². The Morgan fingerprint density at radius 3 is 2.54 bits per heavy atom. The smallest absolute Gasteiger partial charge is 0.167 e. The van der Waals surface area contributed by atoms with Crippen molar-refractivity contribution < 1.29 is 9.47 Å². The van der Waals surface area contributed by atoms with Gasteiger partial charge in [-0.05, 0) is 13.3 Å². The van der Waals surface area contributed by atoms with Crippen LogP contribution in [0.3, 0.4) is 0 Å². The van der Waals surface area contributed by atoms with Crippen molar-refractivity contribution in [2.45, 2.75) is 33.0 Å². The minimum Gasteiger partial charge on any atom is -0.352 e. The number of hydrogen-bond donors (Lipinski definition) is 0. The second-order valence-electron chi connectivity index (χ2n) is 2.63. The molecule has 2 nitrogen and oxygen atoms in total. The summed E-state index contributed by atoms with van der Waals surface area (Å²) in [5, 5.41) is 0.725. The van der Waals surface area contributed by atoms with Crippen LogP contribution < -0.4 is 0 Å². The lowest BCUT2D eigenvalue weighted by molar-refractivity contribution is -0.114. The molecule has 0 fully saturated rings. The first-order chi connectivity index (χ1) is 6.35. The minimum atomic E-state index is -0.115. The second kappa shape index (κ2) is 10.2. The van der Waals surface area contributed by atoms with Gasteiger partial charge in [-0.15, -0.1) is 0 Å². The lowest BCUT2D eigenvalue weighted by atomic mass is 10.3. The van der Waals surface area contributed by atoms with Crippen LogP contribution in [0, 0.1) is 0 Å². The third kappa shape index (κ3) is 8.47. The first-order valence-corrected chi connectivity index (χ1v) is 5.91. The highest BCUT2D eigenvalue weighted by atomic mass is 79.9. The number of allylic oxidation sites excluding steroid dienone is 1. The van der Waals surface area contributed by atoms with Gasteiger partial charge in [-0.1, -0.05) is 41.4 Å². The summed E-state index contributed by atoms with van der Waals surface area (Å²) in [4.78, 5) is 0. The Hall–Kier alpha value is 0.140. The van der Waals surface area contributed by atoms with Crippen molar-refractivity contribution >= 4 is 15.9 Å². The number of unbranched alkanes of at least 4 members (excludes halogenated alkanes) is 1. The first-order valence-electron chi connectivity index (χ1n) is 4.79. The summed E-state index contributed by atoms with van der Waals surface area (Å²) in [7, 11) is 0. The third-order valence-electron chi connectivity index (χ3n) is 1.48. The maximum atomic E-state index is 5.42. The zero-order chi connectivity index (χ0) is 9.94. The molecule has 0 amide bonds. The van der Waals surface area contributed by atoms with Crippen LogP contribution in [0.4, 0.5) is 0 Å². The summed E-state index contributed by atoms with van der Waals surface area (Å²) in [6.45, 7) is 5.45. The average Bonchev–Trinajstić information content (AvgIpc) is 2.16. The van der Waals surface area contributed by atoms with Crippen LogP contribution in [0.1, 0.15) is 26.7 Å². The van der Waals surface area contributed by atoms with Gasteiger partial charge in [0.1, 0.15) is 0 Å². The molecule has 0 rings (SSSR count).